The van der Waals surface area contributed by atoms with Gasteiger partial charge in [0.15, 0.2) is 5.82 Å². The molecule has 0 atom stereocenters. The monoisotopic (exact) mass is 443 g/mol. The molecule has 3 aromatic rings. The number of sulfonamides is 1. The highest BCUT2D eigenvalue weighted by Crippen LogP contribution is 2.17. The fourth-order valence-electron chi connectivity index (χ4n) is 2.82. The number of aromatic nitrogens is 3. The number of rotatable bonds is 7. The van der Waals surface area contributed by atoms with E-state index in [1.165, 1.54) is 36.8 Å². The minimum absolute atomic E-state index is 0.0203. The maximum Gasteiger partial charge on any atom is 0.254 e. The van der Waals surface area contributed by atoms with Crippen LogP contribution in [-0.4, -0.2) is 35.3 Å². The molecular weight excluding hydrogens is 421 g/mol. The second kappa shape index (κ2) is 9.27. The number of halogens is 1. The van der Waals surface area contributed by atoms with Crippen molar-refractivity contribution >= 4 is 15.9 Å². The molecule has 0 bridgehead atoms. The van der Waals surface area contributed by atoms with E-state index < -0.39 is 21.7 Å². The summed E-state index contributed by atoms with van der Waals surface area (Å²) in [4.78, 5) is 25.0. The molecule has 2 N–H and O–H groups in total. The highest BCUT2D eigenvalue weighted by atomic mass is 32.2. The minimum atomic E-state index is -3.69. The number of hydrogen-bond donors (Lipinski definition) is 2. The molecule has 1 amide bonds. The number of pyridine rings is 1. The van der Waals surface area contributed by atoms with Gasteiger partial charge in [-0.25, -0.2) is 27.5 Å². The number of carbonyl (C=O) groups excluding carboxylic acids is 1. The Labute approximate surface area is 180 Å². The maximum atomic E-state index is 13.4. The van der Waals surface area contributed by atoms with E-state index in [1.54, 1.807) is 32.9 Å². The highest BCUT2D eigenvalue weighted by molar-refractivity contribution is 7.89. The Morgan fingerprint density at radius 1 is 1.16 bits per heavy atom. The number of aryl methyl sites for hydroxylation is 1. The van der Waals surface area contributed by atoms with Crippen molar-refractivity contribution in [3.63, 3.8) is 0 Å². The first-order valence-corrected chi connectivity index (χ1v) is 11.0. The van der Waals surface area contributed by atoms with Crippen LogP contribution in [0.1, 0.15) is 35.5 Å². The van der Waals surface area contributed by atoms with Gasteiger partial charge in [0.05, 0.1) is 11.3 Å². The van der Waals surface area contributed by atoms with Gasteiger partial charge in [-0.05, 0) is 44.5 Å². The SMILES string of the molecule is Cc1nc(-c2cccc(F)c2)ncc1C(=O)NCc1cncc(S(=O)(=O)NC(C)C)c1. The van der Waals surface area contributed by atoms with E-state index in [-0.39, 0.29) is 23.0 Å². The van der Waals surface area contributed by atoms with Crippen molar-refractivity contribution in [1.29, 1.82) is 0 Å². The van der Waals surface area contributed by atoms with Crippen LogP contribution in [0, 0.1) is 12.7 Å². The zero-order chi connectivity index (χ0) is 22.6. The van der Waals surface area contributed by atoms with Crippen molar-refractivity contribution in [3.8, 4) is 11.4 Å². The van der Waals surface area contributed by atoms with Gasteiger partial charge in [0.2, 0.25) is 10.0 Å². The summed E-state index contributed by atoms with van der Waals surface area (Å²) in [7, 11) is -3.69. The Morgan fingerprint density at radius 3 is 2.61 bits per heavy atom. The second-order valence-electron chi connectivity index (χ2n) is 7.19. The average molecular weight is 444 g/mol. The van der Waals surface area contributed by atoms with Crippen molar-refractivity contribution in [3.05, 3.63) is 71.6 Å². The van der Waals surface area contributed by atoms with E-state index in [2.05, 4.69) is 25.0 Å². The molecule has 2 aromatic heterocycles. The Kier molecular flexibility index (Phi) is 6.71. The van der Waals surface area contributed by atoms with Crippen LogP contribution in [0.25, 0.3) is 11.4 Å². The number of nitrogens with one attached hydrogen (secondary N) is 2. The minimum Gasteiger partial charge on any atom is -0.348 e. The Hall–Kier alpha value is -3.24. The third-order valence-corrected chi connectivity index (χ3v) is 5.86. The molecule has 1 aromatic carbocycles. The molecule has 0 fully saturated rings. The predicted octanol–water partition coefficient (Wildman–Crippen LogP) is 2.60. The van der Waals surface area contributed by atoms with Gasteiger partial charge in [-0.15, -0.1) is 0 Å². The number of benzene rings is 1. The summed E-state index contributed by atoms with van der Waals surface area (Å²) in [6.07, 6.45) is 4.10. The van der Waals surface area contributed by atoms with Gasteiger partial charge in [-0.3, -0.25) is 9.78 Å². The number of carbonyl (C=O) groups is 1. The van der Waals surface area contributed by atoms with Gasteiger partial charge in [-0.1, -0.05) is 12.1 Å². The van der Waals surface area contributed by atoms with Crippen molar-refractivity contribution in [1.82, 2.24) is 25.0 Å². The standard InChI is InChI=1S/C21H22FN5O3S/c1-13(2)27-31(29,30)18-7-15(9-23-11-18)10-25-21(28)19-12-24-20(26-14(19)3)16-5-4-6-17(22)8-16/h4-9,11-13,27H,10H2,1-3H3,(H,25,28). The fraction of sp³-hybridized carbons (Fsp3) is 0.238. The first-order chi connectivity index (χ1) is 14.7. The molecule has 2 heterocycles. The summed E-state index contributed by atoms with van der Waals surface area (Å²) in [5.41, 5.74) is 1.73. The topological polar surface area (TPSA) is 114 Å². The van der Waals surface area contributed by atoms with Crippen molar-refractivity contribution in [2.45, 2.75) is 38.3 Å². The van der Waals surface area contributed by atoms with Crippen LogP contribution in [0.2, 0.25) is 0 Å². The van der Waals surface area contributed by atoms with Crippen LogP contribution in [0.4, 0.5) is 4.39 Å². The summed E-state index contributed by atoms with van der Waals surface area (Å²) >= 11 is 0. The van der Waals surface area contributed by atoms with Crippen molar-refractivity contribution < 1.29 is 17.6 Å². The van der Waals surface area contributed by atoms with Gasteiger partial charge < -0.3 is 5.32 Å². The summed E-state index contributed by atoms with van der Waals surface area (Å²) in [5, 5.41) is 2.71. The van der Waals surface area contributed by atoms with Crippen molar-refractivity contribution in [2.24, 2.45) is 0 Å². The van der Waals surface area contributed by atoms with Crippen molar-refractivity contribution in [2.75, 3.05) is 0 Å². The lowest BCUT2D eigenvalue weighted by atomic mass is 10.1. The first kappa shape index (κ1) is 22.4. The largest absolute Gasteiger partial charge is 0.348 e. The Balaban J connectivity index is 1.72. The molecule has 0 aliphatic carbocycles. The van der Waals surface area contributed by atoms with Crippen LogP contribution in [-0.2, 0) is 16.6 Å². The van der Waals surface area contributed by atoms with E-state index in [1.807, 2.05) is 0 Å². The molecular formula is C21H22FN5O3S. The zero-order valence-electron chi connectivity index (χ0n) is 17.3. The van der Waals surface area contributed by atoms with E-state index >= 15 is 0 Å². The molecule has 0 saturated heterocycles. The second-order valence-corrected chi connectivity index (χ2v) is 8.90. The van der Waals surface area contributed by atoms with Gasteiger partial charge in [0, 0.05) is 36.7 Å². The van der Waals surface area contributed by atoms with Crippen LogP contribution >= 0.6 is 0 Å². The van der Waals surface area contributed by atoms with E-state index in [0.717, 1.165) is 0 Å². The van der Waals surface area contributed by atoms with E-state index in [0.29, 0.717) is 22.6 Å². The van der Waals surface area contributed by atoms with Crippen LogP contribution in [0.15, 0.2) is 53.8 Å². The lowest BCUT2D eigenvalue weighted by Crippen LogP contribution is -2.30. The van der Waals surface area contributed by atoms with Gasteiger partial charge in [0.1, 0.15) is 10.7 Å². The third kappa shape index (κ3) is 5.68. The van der Waals surface area contributed by atoms with Gasteiger partial charge in [0.25, 0.3) is 5.91 Å². The molecule has 10 heteroatoms. The summed E-state index contributed by atoms with van der Waals surface area (Å²) in [6, 6.07) is 7.08. The van der Waals surface area contributed by atoms with Crippen LogP contribution in [0.3, 0.4) is 0 Å². The lowest BCUT2D eigenvalue weighted by Gasteiger charge is -2.11. The molecule has 0 radical (unpaired) electrons. The summed E-state index contributed by atoms with van der Waals surface area (Å²) in [5.74, 6) is -0.507. The first-order valence-electron chi connectivity index (χ1n) is 9.50. The van der Waals surface area contributed by atoms with Crippen LogP contribution in [0.5, 0.6) is 0 Å². The maximum absolute atomic E-state index is 13.4. The number of amides is 1. The lowest BCUT2D eigenvalue weighted by molar-refractivity contribution is 0.0949. The molecule has 0 unspecified atom stereocenters. The van der Waals surface area contributed by atoms with Crippen LogP contribution < -0.4 is 10.0 Å². The Morgan fingerprint density at radius 2 is 1.94 bits per heavy atom. The quantitative estimate of drug-likeness (QED) is 0.580. The van der Waals surface area contributed by atoms with Gasteiger partial charge >= 0.3 is 0 Å². The molecule has 0 spiro atoms. The predicted molar refractivity (Wildman–Crippen MR) is 113 cm³/mol. The summed E-state index contributed by atoms with van der Waals surface area (Å²) in [6.45, 7) is 5.17. The normalized spacial score (nSPS) is 11.5. The molecule has 0 aliphatic heterocycles. The summed E-state index contributed by atoms with van der Waals surface area (Å²) < 4.78 is 40.5. The van der Waals surface area contributed by atoms with E-state index in [9.17, 15) is 17.6 Å². The average Bonchev–Trinajstić information content (AvgIpc) is 2.71. The number of hydrogen-bond acceptors (Lipinski definition) is 6. The number of nitrogens with zero attached hydrogens (tertiary/aromatic N) is 3. The molecule has 0 saturated carbocycles. The molecule has 3 rings (SSSR count). The smallest absolute Gasteiger partial charge is 0.254 e. The third-order valence-electron chi connectivity index (χ3n) is 4.23. The Bertz CT molecular complexity index is 1220. The molecule has 8 nitrogen and oxygen atoms in total. The molecule has 31 heavy (non-hydrogen) atoms. The van der Waals surface area contributed by atoms with Gasteiger partial charge in [-0.2, -0.15) is 0 Å². The zero-order valence-corrected chi connectivity index (χ0v) is 18.1. The fourth-order valence-corrected chi connectivity index (χ4v) is 4.08. The molecule has 162 valence electrons. The molecule has 0 aliphatic rings. The highest BCUT2D eigenvalue weighted by Gasteiger charge is 2.17. The van der Waals surface area contributed by atoms with E-state index in [4.69, 9.17) is 0 Å².